The van der Waals surface area contributed by atoms with Crippen molar-refractivity contribution in [2.24, 2.45) is 0 Å². The summed E-state index contributed by atoms with van der Waals surface area (Å²) in [6.07, 6.45) is 0.757. The van der Waals surface area contributed by atoms with Crippen molar-refractivity contribution in [2.45, 2.75) is 12.8 Å². The average molecular weight is 480 g/mol. The van der Waals surface area contributed by atoms with Gasteiger partial charge in [0.1, 0.15) is 10.8 Å². The van der Waals surface area contributed by atoms with Gasteiger partial charge in [0.25, 0.3) is 0 Å². The molecule has 2 amide bonds. The summed E-state index contributed by atoms with van der Waals surface area (Å²) in [4.78, 5) is 28.3. The summed E-state index contributed by atoms with van der Waals surface area (Å²) < 4.78 is 11.0. The number of nitrogens with zero attached hydrogens (tertiary/aromatic N) is 2. The third kappa shape index (κ3) is 7.02. The van der Waals surface area contributed by atoms with Crippen LogP contribution in [0.25, 0.3) is 0 Å². The molecular weight excluding hydrogens is 453 g/mol. The highest BCUT2D eigenvalue weighted by Gasteiger charge is 2.14. The lowest BCUT2D eigenvalue weighted by Crippen LogP contribution is -2.36. The van der Waals surface area contributed by atoms with Crippen LogP contribution in [0.1, 0.15) is 12.8 Å². The van der Waals surface area contributed by atoms with Crippen LogP contribution in [0.3, 0.4) is 0 Å². The Morgan fingerprint density at radius 2 is 1.84 bits per heavy atom. The molecule has 7 nitrogen and oxygen atoms in total. The number of halogens is 2. The van der Waals surface area contributed by atoms with E-state index < -0.39 is 0 Å². The van der Waals surface area contributed by atoms with Gasteiger partial charge in [-0.25, -0.2) is 0 Å². The number of anilines is 2. The van der Waals surface area contributed by atoms with Gasteiger partial charge in [-0.1, -0.05) is 29.3 Å². The van der Waals surface area contributed by atoms with E-state index in [1.165, 1.54) is 4.90 Å². The second-order valence-corrected chi connectivity index (χ2v) is 8.23. The van der Waals surface area contributed by atoms with E-state index in [9.17, 15) is 9.59 Å². The van der Waals surface area contributed by atoms with Crippen LogP contribution in [0.15, 0.2) is 42.5 Å². The summed E-state index contributed by atoms with van der Waals surface area (Å²) >= 11 is 12.0. The number of hydrogen-bond donors (Lipinski definition) is 1. The zero-order valence-electron chi connectivity index (χ0n) is 18.0. The zero-order chi connectivity index (χ0) is 22.9. The van der Waals surface area contributed by atoms with Crippen molar-refractivity contribution >= 4 is 46.4 Å². The molecule has 2 aromatic rings. The number of carbonyl (C=O) groups excluding carboxylic acids is 2. The van der Waals surface area contributed by atoms with Gasteiger partial charge < -0.3 is 24.6 Å². The van der Waals surface area contributed by atoms with Gasteiger partial charge in [0.05, 0.1) is 31.4 Å². The fraction of sp³-hybridized carbons (Fsp3) is 0.391. The number of benzene rings is 2. The smallest absolute Gasteiger partial charge is 0.243 e. The van der Waals surface area contributed by atoms with Crippen LogP contribution in [0.2, 0.25) is 10.0 Å². The van der Waals surface area contributed by atoms with Gasteiger partial charge in [0, 0.05) is 37.9 Å². The highest BCUT2D eigenvalue weighted by molar-refractivity contribution is 6.42. The van der Waals surface area contributed by atoms with Gasteiger partial charge in [0.2, 0.25) is 11.8 Å². The Morgan fingerprint density at radius 1 is 1.12 bits per heavy atom. The molecule has 0 bridgehead atoms. The van der Waals surface area contributed by atoms with Crippen molar-refractivity contribution in [3.05, 3.63) is 52.5 Å². The molecule has 0 unspecified atom stereocenters. The molecule has 0 aliphatic carbocycles. The molecule has 0 aromatic heterocycles. The molecular formula is C23H27Cl2N3O4. The third-order valence-electron chi connectivity index (χ3n) is 5.04. The second-order valence-electron chi connectivity index (χ2n) is 7.45. The summed E-state index contributed by atoms with van der Waals surface area (Å²) in [5, 5.41) is 3.60. The molecule has 172 valence electrons. The van der Waals surface area contributed by atoms with E-state index in [1.54, 1.807) is 25.2 Å². The maximum atomic E-state index is 12.3. The van der Waals surface area contributed by atoms with E-state index >= 15 is 0 Å². The molecule has 1 fully saturated rings. The van der Waals surface area contributed by atoms with Crippen molar-refractivity contribution in [3.63, 3.8) is 0 Å². The lowest BCUT2D eigenvalue weighted by Gasteiger charge is -2.28. The van der Waals surface area contributed by atoms with E-state index in [2.05, 4.69) is 10.2 Å². The molecule has 0 saturated carbocycles. The standard InChI is InChI=1S/C23H27Cl2N3O4/c1-27(22(30)6-3-13-32-20-5-2-4-19(24)23(20)25)16-21(29)26-17-7-9-18(10-8-17)28-11-14-31-15-12-28/h2,4-5,7-10H,3,6,11-16H2,1H3,(H,26,29). The fourth-order valence-electron chi connectivity index (χ4n) is 3.27. The second kappa shape index (κ2) is 11.9. The van der Waals surface area contributed by atoms with Crippen LogP contribution >= 0.6 is 23.2 Å². The fourth-order valence-corrected chi connectivity index (χ4v) is 3.62. The number of amides is 2. The van der Waals surface area contributed by atoms with Crippen LogP contribution in [0, 0.1) is 0 Å². The number of ether oxygens (including phenoxy) is 2. The molecule has 9 heteroatoms. The van der Waals surface area contributed by atoms with Crippen molar-refractivity contribution in [3.8, 4) is 5.75 Å². The molecule has 1 aliphatic heterocycles. The molecule has 1 heterocycles. The van der Waals surface area contributed by atoms with Gasteiger partial charge >= 0.3 is 0 Å². The topological polar surface area (TPSA) is 71.1 Å². The first kappa shape index (κ1) is 24.2. The first-order valence-corrected chi connectivity index (χ1v) is 11.2. The first-order chi connectivity index (χ1) is 15.4. The van der Waals surface area contributed by atoms with Gasteiger partial charge in [-0.15, -0.1) is 0 Å². The monoisotopic (exact) mass is 479 g/mol. The Bertz CT molecular complexity index is 918. The molecule has 0 atom stereocenters. The summed E-state index contributed by atoms with van der Waals surface area (Å²) in [6.45, 7) is 3.45. The van der Waals surface area contributed by atoms with Gasteiger partial charge in [0.15, 0.2) is 0 Å². The highest BCUT2D eigenvalue weighted by Crippen LogP contribution is 2.31. The number of nitrogens with one attached hydrogen (secondary N) is 1. The van der Waals surface area contributed by atoms with Crippen LogP contribution < -0.4 is 15.0 Å². The maximum absolute atomic E-state index is 12.3. The van der Waals surface area contributed by atoms with E-state index in [1.807, 2.05) is 24.3 Å². The molecule has 1 saturated heterocycles. The zero-order valence-corrected chi connectivity index (χ0v) is 19.5. The van der Waals surface area contributed by atoms with Crippen LogP contribution in [-0.4, -0.2) is 63.2 Å². The van der Waals surface area contributed by atoms with Crippen molar-refractivity contribution in [2.75, 3.05) is 56.7 Å². The molecule has 0 radical (unpaired) electrons. The SMILES string of the molecule is CN(CC(=O)Nc1ccc(N2CCOCC2)cc1)C(=O)CCCOc1cccc(Cl)c1Cl. The Labute approximate surface area is 198 Å². The average Bonchev–Trinajstić information content (AvgIpc) is 2.80. The van der Waals surface area contributed by atoms with E-state index in [0.717, 1.165) is 32.0 Å². The van der Waals surface area contributed by atoms with Gasteiger partial charge in [-0.2, -0.15) is 0 Å². The Morgan fingerprint density at radius 3 is 2.56 bits per heavy atom. The quantitative estimate of drug-likeness (QED) is 0.548. The summed E-state index contributed by atoms with van der Waals surface area (Å²) in [5.41, 5.74) is 1.79. The van der Waals surface area contributed by atoms with Crippen molar-refractivity contribution in [1.29, 1.82) is 0 Å². The molecule has 3 rings (SSSR count). The van der Waals surface area contributed by atoms with E-state index in [0.29, 0.717) is 34.5 Å². The molecule has 2 aromatic carbocycles. The molecule has 0 spiro atoms. The number of likely N-dealkylation sites (N-methyl/N-ethyl adjacent to an activating group) is 1. The number of morpholine rings is 1. The summed E-state index contributed by atoms with van der Waals surface area (Å²) in [5.74, 6) is 0.101. The molecule has 1 N–H and O–H groups in total. The number of hydrogen-bond acceptors (Lipinski definition) is 5. The minimum atomic E-state index is -0.248. The van der Waals surface area contributed by atoms with Crippen LogP contribution in [0.5, 0.6) is 5.75 Å². The number of carbonyl (C=O) groups is 2. The molecule has 1 aliphatic rings. The highest BCUT2D eigenvalue weighted by atomic mass is 35.5. The third-order valence-corrected chi connectivity index (χ3v) is 5.84. The maximum Gasteiger partial charge on any atom is 0.243 e. The van der Waals surface area contributed by atoms with Crippen LogP contribution in [-0.2, 0) is 14.3 Å². The summed E-state index contributed by atoms with van der Waals surface area (Å²) in [7, 11) is 1.61. The van der Waals surface area contributed by atoms with Crippen LogP contribution in [0.4, 0.5) is 11.4 Å². The Kier molecular flexibility index (Phi) is 9.02. The minimum Gasteiger partial charge on any atom is -0.492 e. The normalized spacial score (nSPS) is 13.5. The number of rotatable bonds is 9. The summed E-state index contributed by atoms with van der Waals surface area (Å²) in [6, 6.07) is 12.8. The first-order valence-electron chi connectivity index (χ1n) is 10.5. The van der Waals surface area contributed by atoms with Crippen molar-refractivity contribution in [1.82, 2.24) is 4.90 Å². The van der Waals surface area contributed by atoms with E-state index in [4.69, 9.17) is 32.7 Å². The lowest BCUT2D eigenvalue weighted by molar-refractivity contribution is -0.133. The predicted octanol–water partition coefficient (Wildman–Crippen LogP) is 4.09. The largest absolute Gasteiger partial charge is 0.492 e. The van der Waals surface area contributed by atoms with E-state index in [-0.39, 0.29) is 24.8 Å². The Hall–Kier alpha value is -2.48. The molecule has 32 heavy (non-hydrogen) atoms. The Balaban J connectivity index is 1.37. The van der Waals surface area contributed by atoms with Crippen molar-refractivity contribution < 1.29 is 19.1 Å². The lowest BCUT2D eigenvalue weighted by atomic mass is 10.2. The van der Waals surface area contributed by atoms with Gasteiger partial charge in [-0.3, -0.25) is 9.59 Å². The predicted molar refractivity (Wildman–Crippen MR) is 127 cm³/mol. The van der Waals surface area contributed by atoms with Gasteiger partial charge in [-0.05, 0) is 42.8 Å². The minimum absolute atomic E-state index is 0.0228.